The molecule has 25 heavy (non-hydrogen) atoms. The van der Waals surface area contributed by atoms with Gasteiger partial charge >= 0.3 is 0 Å². The standard InChI is InChI=1S/C18H17ClN4OS/c1-11-6-7-15(12(2)8-11)21-18(25)20-10-16-22-17(23-24-16)13-4-3-5-14(19)9-13/h3-9H,10H2,1-2H3,(H2,20,21,25). The number of rotatable bonds is 4. The van der Waals surface area contributed by atoms with Gasteiger partial charge in [-0.3, -0.25) is 0 Å². The molecule has 0 bridgehead atoms. The van der Waals surface area contributed by atoms with Gasteiger partial charge in [0.1, 0.15) is 0 Å². The zero-order chi connectivity index (χ0) is 17.8. The van der Waals surface area contributed by atoms with E-state index in [0.29, 0.717) is 28.4 Å². The van der Waals surface area contributed by atoms with Crippen molar-refractivity contribution in [3.05, 3.63) is 64.5 Å². The number of benzene rings is 2. The van der Waals surface area contributed by atoms with Crippen molar-refractivity contribution in [1.82, 2.24) is 15.5 Å². The van der Waals surface area contributed by atoms with Crippen LogP contribution in [0, 0.1) is 13.8 Å². The Morgan fingerprint density at radius 3 is 2.80 bits per heavy atom. The molecule has 0 amide bonds. The van der Waals surface area contributed by atoms with Gasteiger partial charge < -0.3 is 15.2 Å². The van der Waals surface area contributed by atoms with Crippen LogP contribution in [-0.2, 0) is 6.54 Å². The molecule has 3 aromatic rings. The average Bonchev–Trinajstić information content (AvgIpc) is 3.05. The lowest BCUT2D eigenvalue weighted by Crippen LogP contribution is -2.28. The van der Waals surface area contributed by atoms with Crippen molar-refractivity contribution in [2.75, 3.05) is 5.32 Å². The van der Waals surface area contributed by atoms with E-state index >= 15 is 0 Å². The Hall–Kier alpha value is -2.44. The summed E-state index contributed by atoms with van der Waals surface area (Å²) in [4.78, 5) is 4.34. The summed E-state index contributed by atoms with van der Waals surface area (Å²) < 4.78 is 5.24. The van der Waals surface area contributed by atoms with E-state index in [2.05, 4.69) is 33.8 Å². The lowest BCUT2D eigenvalue weighted by molar-refractivity contribution is 0.376. The van der Waals surface area contributed by atoms with Crippen molar-refractivity contribution in [2.24, 2.45) is 0 Å². The highest BCUT2D eigenvalue weighted by atomic mass is 35.5. The molecule has 0 aliphatic rings. The van der Waals surface area contributed by atoms with Crippen molar-refractivity contribution < 1.29 is 4.52 Å². The number of nitrogens with one attached hydrogen (secondary N) is 2. The second-order valence-electron chi connectivity index (χ2n) is 5.65. The van der Waals surface area contributed by atoms with Crippen LogP contribution < -0.4 is 10.6 Å². The van der Waals surface area contributed by atoms with Gasteiger partial charge in [-0.15, -0.1) is 0 Å². The second-order valence-corrected chi connectivity index (χ2v) is 6.49. The Kier molecular flexibility index (Phi) is 5.31. The van der Waals surface area contributed by atoms with Crippen LogP contribution in [0.1, 0.15) is 17.0 Å². The van der Waals surface area contributed by atoms with Crippen molar-refractivity contribution in [3.63, 3.8) is 0 Å². The van der Waals surface area contributed by atoms with E-state index in [0.717, 1.165) is 16.8 Å². The van der Waals surface area contributed by atoms with Crippen LogP contribution in [0.4, 0.5) is 5.69 Å². The fraction of sp³-hybridized carbons (Fsp3) is 0.167. The summed E-state index contributed by atoms with van der Waals surface area (Å²) in [6, 6.07) is 13.4. The Labute approximate surface area is 156 Å². The third kappa shape index (κ3) is 4.55. The van der Waals surface area contributed by atoms with Crippen molar-refractivity contribution in [1.29, 1.82) is 0 Å². The minimum atomic E-state index is 0.338. The monoisotopic (exact) mass is 372 g/mol. The van der Waals surface area contributed by atoms with Gasteiger partial charge in [0.25, 0.3) is 0 Å². The number of halogens is 1. The Morgan fingerprint density at radius 2 is 2.04 bits per heavy atom. The van der Waals surface area contributed by atoms with Gasteiger partial charge in [0.15, 0.2) is 5.11 Å². The quantitative estimate of drug-likeness (QED) is 0.658. The lowest BCUT2D eigenvalue weighted by Gasteiger charge is -2.11. The highest BCUT2D eigenvalue weighted by Gasteiger charge is 2.09. The van der Waals surface area contributed by atoms with Gasteiger partial charge in [0.05, 0.1) is 6.54 Å². The Balaban J connectivity index is 1.59. The van der Waals surface area contributed by atoms with Gasteiger partial charge in [0, 0.05) is 16.3 Å². The normalized spacial score (nSPS) is 10.5. The molecular formula is C18H17ClN4OS. The maximum absolute atomic E-state index is 5.98. The molecule has 0 aliphatic heterocycles. The van der Waals surface area contributed by atoms with E-state index in [4.69, 9.17) is 28.3 Å². The first-order valence-electron chi connectivity index (χ1n) is 7.72. The van der Waals surface area contributed by atoms with E-state index < -0.39 is 0 Å². The van der Waals surface area contributed by atoms with Gasteiger partial charge in [-0.25, -0.2) is 0 Å². The molecule has 0 saturated heterocycles. The predicted octanol–water partition coefficient (Wildman–Crippen LogP) is 4.49. The number of hydrogen-bond donors (Lipinski definition) is 2. The SMILES string of the molecule is Cc1ccc(NC(=S)NCc2nc(-c3cccc(Cl)c3)no2)c(C)c1. The van der Waals surface area contributed by atoms with E-state index in [1.165, 1.54) is 5.56 Å². The molecule has 0 fully saturated rings. The third-order valence-corrected chi connectivity index (χ3v) is 4.06. The van der Waals surface area contributed by atoms with Crippen LogP contribution in [0.3, 0.4) is 0 Å². The van der Waals surface area contributed by atoms with Crippen LogP contribution in [0.2, 0.25) is 5.02 Å². The van der Waals surface area contributed by atoms with E-state index in [1.54, 1.807) is 12.1 Å². The first-order chi connectivity index (χ1) is 12.0. The third-order valence-electron chi connectivity index (χ3n) is 3.58. The van der Waals surface area contributed by atoms with E-state index in [1.807, 2.05) is 31.2 Å². The van der Waals surface area contributed by atoms with Crippen LogP contribution >= 0.6 is 23.8 Å². The van der Waals surface area contributed by atoms with E-state index in [9.17, 15) is 0 Å². The molecule has 0 aliphatic carbocycles. The van der Waals surface area contributed by atoms with Crippen molar-refractivity contribution in [3.8, 4) is 11.4 Å². The smallest absolute Gasteiger partial charge is 0.246 e. The summed E-state index contributed by atoms with van der Waals surface area (Å²) >= 11 is 11.3. The lowest BCUT2D eigenvalue weighted by atomic mass is 10.1. The second kappa shape index (κ2) is 7.63. The number of hydrogen-bond acceptors (Lipinski definition) is 4. The molecule has 0 unspecified atom stereocenters. The largest absolute Gasteiger partial charge is 0.353 e. The van der Waals surface area contributed by atoms with Crippen LogP contribution in [0.5, 0.6) is 0 Å². The first-order valence-corrected chi connectivity index (χ1v) is 8.50. The van der Waals surface area contributed by atoms with Crippen LogP contribution in [0.25, 0.3) is 11.4 Å². The minimum Gasteiger partial charge on any atom is -0.353 e. The molecule has 128 valence electrons. The molecule has 1 heterocycles. The molecule has 3 rings (SSSR count). The van der Waals surface area contributed by atoms with Crippen molar-refractivity contribution in [2.45, 2.75) is 20.4 Å². The zero-order valence-electron chi connectivity index (χ0n) is 13.8. The average molecular weight is 373 g/mol. The summed E-state index contributed by atoms with van der Waals surface area (Å²) in [7, 11) is 0. The molecular weight excluding hydrogens is 356 g/mol. The summed E-state index contributed by atoms with van der Waals surface area (Å²) in [6.45, 7) is 4.43. The molecule has 0 saturated carbocycles. The van der Waals surface area contributed by atoms with Crippen LogP contribution in [-0.4, -0.2) is 15.3 Å². The number of aromatic nitrogens is 2. The first kappa shape index (κ1) is 17.4. The van der Waals surface area contributed by atoms with Crippen molar-refractivity contribution >= 4 is 34.6 Å². The van der Waals surface area contributed by atoms with E-state index in [-0.39, 0.29) is 0 Å². The summed E-state index contributed by atoms with van der Waals surface area (Å²) in [5.41, 5.74) is 4.11. The molecule has 2 N–H and O–H groups in total. The minimum absolute atomic E-state index is 0.338. The molecule has 2 aromatic carbocycles. The highest BCUT2D eigenvalue weighted by molar-refractivity contribution is 7.80. The number of thiocarbonyl (C=S) groups is 1. The molecule has 0 spiro atoms. The van der Waals surface area contributed by atoms with Gasteiger partial charge in [-0.1, -0.05) is 46.6 Å². The number of anilines is 1. The van der Waals surface area contributed by atoms with Crippen LogP contribution in [0.15, 0.2) is 47.0 Å². The summed E-state index contributed by atoms with van der Waals surface area (Å²) in [5, 5.41) is 11.3. The Morgan fingerprint density at radius 1 is 1.20 bits per heavy atom. The fourth-order valence-corrected chi connectivity index (χ4v) is 2.72. The maximum Gasteiger partial charge on any atom is 0.246 e. The number of nitrogens with zero attached hydrogens (tertiary/aromatic N) is 2. The predicted molar refractivity (Wildman–Crippen MR) is 104 cm³/mol. The summed E-state index contributed by atoms with van der Waals surface area (Å²) in [5.74, 6) is 0.937. The molecule has 5 nitrogen and oxygen atoms in total. The molecule has 1 aromatic heterocycles. The Bertz CT molecular complexity index is 910. The maximum atomic E-state index is 5.98. The topological polar surface area (TPSA) is 63.0 Å². The molecule has 0 radical (unpaired) electrons. The summed E-state index contributed by atoms with van der Waals surface area (Å²) in [6.07, 6.45) is 0. The van der Waals surface area contributed by atoms with Gasteiger partial charge in [-0.05, 0) is 49.8 Å². The fourth-order valence-electron chi connectivity index (χ4n) is 2.35. The molecule has 0 atom stereocenters. The number of aryl methyl sites for hydroxylation is 2. The molecule has 7 heteroatoms. The zero-order valence-corrected chi connectivity index (χ0v) is 15.4. The highest BCUT2D eigenvalue weighted by Crippen LogP contribution is 2.20. The van der Waals surface area contributed by atoms with Gasteiger partial charge in [0.2, 0.25) is 11.7 Å². The van der Waals surface area contributed by atoms with Gasteiger partial charge in [-0.2, -0.15) is 4.98 Å².